The minimum absolute atomic E-state index is 0.0420. The molecule has 12 heavy (non-hydrogen) atoms. The van der Waals surface area contributed by atoms with E-state index in [1.54, 1.807) is 0 Å². The van der Waals surface area contributed by atoms with Crippen LogP contribution in [0.25, 0.3) is 0 Å². The van der Waals surface area contributed by atoms with Gasteiger partial charge >= 0.3 is 5.97 Å². The van der Waals surface area contributed by atoms with Gasteiger partial charge in [-0.2, -0.15) is 0 Å². The summed E-state index contributed by atoms with van der Waals surface area (Å²) in [5, 5.41) is 2.47. The van der Waals surface area contributed by atoms with Crippen molar-refractivity contribution >= 4 is 11.9 Å². The topological polar surface area (TPSA) is 55.4 Å². The highest BCUT2D eigenvalue weighted by Gasteiger charge is 2.10. The van der Waals surface area contributed by atoms with Crippen LogP contribution in [0.5, 0.6) is 0 Å². The van der Waals surface area contributed by atoms with Crippen molar-refractivity contribution in [3.63, 3.8) is 0 Å². The van der Waals surface area contributed by atoms with E-state index in [1.165, 1.54) is 7.11 Å². The number of amides is 1. The Hall–Kier alpha value is -1.06. The lowest BCUT2D eigenvalue weighted by atomic mass is 10.1. The number of carbonyl (C=O) groups is 2. The van der Waals surface area contributed by atoms with E-state index in [1.807, 2.05) is 13.8 Å². The number of esters is 1. The molecule has 0 aromatic heterocycles. The highest BCUT2D eigenvalue weighted by atomic mass is 16.5. The van der Waals surface area contributed by atoms with Crippen LogP contribution in [0.4, 0.5) is 0 Å². The first-order valence-corrected chi connectivity index (χ1v) is 3.96. The van der Waals surface area contributed by atoms with Crippen LogP contribution < -0.4 is 5.32 Å². The Kier molecular flexibility index (Phi) is 5.08. The van der Waals surface area contributed by atoms with Gasteiger partial charge in [-0.25, -0.2) is 0 Å². The molecule has 0 saturated heterocycles. The van der Waals surface area contributed by atoms with Crippen LogP contribution in [0.15, 0.2) is 0 Å². The van der Waals surface area contributed by atoms with Crippen molar-refractivity contribution < 1.29 is 14.3 Å². The zero-order chi connectivity index (χ0) is 9.56. The van der Waals surface area contributed by atoms with E-state index in [2.05, 4.69) is 10.1 Å². The van der Waals surface area contributed by atoms with Gasteiger partial charge in [0.05, 0.1) is 7.11 Å². The summed E-state index contributed by atoms with van der Waals surface area (Å²) in [5.74, 6) is -0.579. The first-order chi connectivity index (χ1) is 5.61. The smallest absolute Gasteiger partial charge is 0.325 e. The molecule has 0 saturated carbocycles. The van der Waals surface area contributed by atoms with Gasteiger partial charge in [-0.3, -0.25) is 9.59 Å². The maximum atomic E-state index is 11.1. The number of hydrogen-bond donors (Lipinski definition) is 1. The second-order valence-electron chi connectivity index (χ2n) is 2.60. The first kappa shape index (κ1) is 10.9. The summed E-state index contributed by atoms with van der Waals surface area (Å²) in [6, 6.07) is 0. The van der Waals surface area contributed by atoms with E-state index in [-0.39, 0.29) is 18.4 Å². The Bertz CT molecular complexity index is 168. The molecule has 4 heteroatoms. The summed E-state index contributed by atoms with van der Waals surface area (Å²) in [6.07, 6.45) is 0.771. The standard InChI is InChI=1S/C8H15NO3/c1-4-6(2)8(11)9-5-7(10)12-3/h6H,4-5H2,1-3H3,(H,9,11). The van der Waals surface area contributed by atoms with Gasteiger partial charge in [0.15, 0.2) is 0 Å². The molecular formula is C8H15NO3. The molecule has 1 N–H and O–H groups in total. The molecule has 1 unspecified atom stereocenters. The molecule has 0 heterocycles. The van der Waals surface area contributed by atoms with Crippen LogP contribution in [0, 0.1) is 5.92 Å². The van der Waals surface area contributed by atoms with E-state index in [0.717, 1.165) is 6.42 Å². The zero-order valence-corrected chi connectivity index (χ0v) is 7.72. The van der Waals surface area contributed by atoms with E-state index in [9.17, 15) is 9.59 Å². The monoisotopic (exact) mass is 173 g/mol. The molecule has 0 aromatic carbocycles. The molecule has 0 rings (SSSR count). The predicted molar refractivity (Wildman–Crippen MR) is 44.5 cm³/mol. The van der Waals surface area contributed by atoms with Crippen molar-refractivity contribution in [3.05, 3.63) is 0 Å². The lowest BCUT2D eigenvalue weighted by Gasteiger charge is -2.08. The molecule has 1 atom stereocenters. The summed E-state index contributed by atoms with van der Waals surface area (Å²) in [7, 11) is 1.29. The molecule has 1 amide bonds. The summed E-state index contributed by atoms with van der Waals surface area (Å²) < 4.78 is 4.36. The maximum absolute atomic E-state index is 11.1. The fourth-order valence-corrected chi connectivity index (χ4v) is 0.591. The molecule has 0 fully saturated rings. The van der Waals surface area contributed by atoms with Crippen molar-refractivity contribution in [2.75, 3.05) is 13.7 Å². The normalized spacial score (nSPS) is 11.9. The lowest BCUT2D eigenvalue weighted by molar-refractivity contribution is -0.141. The molecule has 0 radical (unpaired) electrons. The number of methoxy groups -OCH3 is 1. The van der Waals surface area contributed by atoms with Gasteiger partial charge in [-0.05, 0) is 6.42 Å². The SMILES string of the molecule is CCC(C)C(=O)NCC(=O)OC. The van der Waals surface area contributed by atoms with Crippen LogP contribution in [0.2, 0.25) is 0 Å². The van der Waals surface area contributed by atoms with Crippen molar-refractivity contribution in [2.45, 2.75) is 20.3 Å². The van der Waals surface area contributed by atoms with E-state index in [4.69, 9.17) is 0 Å². The molecular weight excluding hydrogens is 158 g/mol. The van der Waals surface area contributed by atoms with E-state index < -0.39 is 5.97 Å². The Morgan fingerprint density at radius 3 is 2.50 bits per heavy atom. The minimum atomic E-state index is -0.424. The third kappa shape index (κ3) is 3.95. The highest BCUT2D eigenvalue weighted by Crippen LogP contribution is 1.98. The largest absolute Gasteiger partial charge is 0.468 e. The number of nitrogens with one attached hydrogen (secondary N) is 1. The van der Waals surface area contributed by atoms with Gasteiger partial charge < -0.3 is 10.1 Å². The third-order valence-corrected chi connectivity index (χ3v) is 1.69. The van der Waals surface area contributed by atoms with Gasteiger partial charge in [-0.15, -0.1) is 0 Å². The third-order valence-electron chi connectivity index (χ3n) is 1.69. The Morgan fingerprint density at radius 2 is 2.08 bits per heavy atom. The molecule has 0 aliphatic rings. The van der Waals surface area contributed by atoms with Crippen molar-refractivity contribution in [3.8, 4) is 0 Å². The lowest BCUT2D eigenvalue weighted by Crippen LogP contribution is -2.33. The van der Waals surface area contributed by atoms with Crippen molar-refractivity contribution in [1.29, 1.82) is 0 Å². The average molecular weight is 173 g/mol. The second kappa shape index (κ2) is 5.57. The molecule has 0 aromatic rings. The number of hydrogen-bond acceptors (Lipinski definition) is 3. The van der Waals surface area contributed by atoms with Gasteiger partial charge in [0.25, 0.3) is 0 Å². The second-order valence-corrected chi connectivity index (χ2v) is 2.60. The Balaban J connectivity index is 3.64. The molecule has 0 aliphatic carbocycles. The Morgan fingerprint density at radius 1 is 1.50 bits per heavy atom. The predicted octanol–water partition coefficient (Wildman–Crippen LogP) is 0.322. The molecule has 0 bridgehead atoms. The Labute approximate surface area is 72.3 Å². The number of rotatable bonds is 4. The average Bonchev–Trinajstić information content (AvgIpc) is 2.11. The molecule has 0 aliphatic heterocycles. The summed E-state index contributed by atoms with van der Waals surface area (Å²) in [5.41, 5.74) is 0. The quantitative estimate of drug-likeness (QED) is 0.623. The fraction of sp³-hybridized carbons (Fsp3) is 0.750. The van der Waals surface area contributed by atoms with Crippen LogP contribution >= 0.6 is 0 Å². The highest BCUT2D eigenvalue weighted by molar-refractivity contribution is 5.83. The van der Waals surface area contributed by atoms with Gasteiger partial charge in [0, 0.05) is 5.92 Å². The summed E-state index contributed by atoms with van der Waals surface area (Å²) in [4.78, 5) is 21.7. The maximum Gasteiger partial charge on any atom is 0.325 e. The van der Waals surface area contributed by atoms with Crippen LogP contribution in [-0.4, -0.2) is 25.5 Å². The van der Waals surface area contributed by atoms with E-state index >= 15 is 0 Å². The van der Waals surface area contributed by atoms with Crippen molar-refractivity contribution in [2.24, 2.45) is 5.92 Å². The van der Waals surface area contributed by atoms with E-state index in [0.29, 0.717) is 0 Å². The van der Waals surface area contributed by atoms with Gasteiger partial charge in [-0.1, -0.05) is 13.8 Å². The molecule has 70 valence electrons. The summed E-state index contributed by atoms with van der Waals surface area (Å²) in [6.45, 7) is 3.69. The van der Waals surface area contributed by atoms with Crippen molar-refractivity contribution in [1.82, 2.24) is 5.32 Å². The van der Waals surface area contributed by atoms with Gasteiger partial charge in [0.2, 0.25) is 5.91 Å². The summed E-state index contributed by atoms with van der Waals surface area (Å²) >= 11 is 0. The zero-order valence-electron chi connectivity index (χ0n) is 7.72. The molecule has 0 spiro atoms. The van der Waals surface area contributed by atoms with Crippen LogP contribution in [0.1, 0.15) is 20.3 Å². The molecule has 4 nitrogen and oxygen atoms in total. The van der Waals surface area contributed by atoms with Crippen LogP contribution in [0.3, 0.4) is 0 Å². The number of ether oxygens (including phenoxy) is 1. The number of carbonyl (C=O) groups excluding carboxylic acids is 2. The first-order valence-electron chi connectivity index (χ1n) is 3.96. The minimum Gasteiger partial charge on any atom is -0.468 e. The fourth-order valence-electron chi connectivity index (χ4n) is 0.591. The van der Waals surface area contributed by atoms with Gasteiger partial charge in [0.1, 0.15) is 6.54 Å². The van der Waals surface area contributed by atoms with Crippen LogP contribution in [-0.2, 0) is 14.3 Å².